The minimum atomic E-state index is -0.797. The van der Waals surface area contributed by atoms with Gasteiger partial charge in [-0.3, -0.25) is 14.4 Å². The van der Waals surface area contributed by atoms with Gasteiger partial charge in [-0.25, -0.2) is 0 Å². The van der Waals surface area contributed by atoms with Gasteiger partial charge in [-0.05, 0) is 109 Å². The predicted octanol–water partition coefficient (Wildman–Crippen LogP) is 19.5. The molecule has 70 heavy (non-hydrogen) atoms. The smallest absolute Gasteiger partial charge is 0.306 e. The summed E-state index contributed by atoms with van der Waals surface area (Å²) in [5.74, 6) is -0.948. The van der Waals surface area contributed by atoms with Crippen molar-refractivity contribution in [2.75, 3.05) is 13.2 Å². The van der Waals surface area contributed by atoms with Crippen LogP contribution < -0.4 is 0 Å². The van der Waals surface area contributed by atoms with Gasteiger partial charge in [0, 0.05) is 19.3 Å². The number of hydrogen-bond acceptors (Lipinski definition) is 6. The van der Waals surface area contributed by atoms with Crippen molar-refractivity contribution in [1.82, 2.24) is 0 Å². The number of carbonyl (C=O) groups excluding carboxylic acids is 3. The lowest BCUT2D eigenvalue weighted by atomic mass is 10.1. The summed E-state index contributed by atoms with van der Waals surface area (Å²) in [6, 6.07) is 0. The standard InChI is InChI=1S/C64H106O6/c1-4-7-10-13-16-19-21-23-25-27-28-29-30-31-32-33-34-35-36-38-39-41-43-45-48-51-54-57-63(66)69-60-61(59-68-62(65)56-53-50-47-18-15-12-9-6-3)70-64(67)58-55-52-49-46-44-42-40-37-26-24-22-20-17-14-11-8-5-2/h7,10,16,19,23-26,28-29,31-32,34-35,38-39,43,45,61H,4-6,8-9,11-15,17-18,20-22,27,30,33,36-37,40-42,44,46-60H2,1-3H3/b10-7-,19-16-,25-23-,26-24-,29-28-,32-31-,35-34-,39-38-,45-43-. The molecule has 0 saturated carbocycles. The fourth-order valence-electron chi connectivity index (χ4n) is 7.69. The largest absolute Gasteiger partial charge is 0.462 e. The molecule has 0 spiro atoms. The second-order valence-electron chi connectivity index (χ2n) is 18.8. The van der Waals surface area contributed by atoms with E-state index in [1.165, 1.54) is 109 Å². The van der Waals surface area contributed by atoms with Crippen molar-refractivity contribution >= 4 is 17.9 Å². The van der Waals surface area contributed by atoms with Crippen LogP contribution in [-0.2, 0) is 28.6 Å². The minimum absolute atomic E-state index is 0.0935. The molecule has 0 fully saturated rings. The van der Waals surface area contributed by atoms with E-state index in [-0.39, 0.29) is 31.1 Å². The van der Waals surface area contributed by atoms with E-state index in [1.54, 1.807) is 0 Å². The van der Waals surface area contributed by atoms with Crippen LogP contribution in [0, 0.1) is 0 Å². The van der Waals surface area contributed by atoms with Crippen LogP contribution in [0.15, 0.2) is 109 Å². The van der Waals surface area contributed by atoms with Gasteiger partial charge < -0.3 is 14.2 Å². The number of unbranched alkanes of at least 4 members (excludes halogenated alkanes) is 22. The molecule has 0 saturated heterocycles. The van der Waals surface area contributed by atoms with Gasteiger partial charge in [0.2, 0.25) is 0 Å². The number of hydrogen-bond donors (Lipinski definition) is 0. The van der Waals surface area contributed by atoms with Crippen molar-refractivity contribution in [3.63, 3.8) is 0 Å². The summed E-state index contributed by atoms with van der Waals surface area (Å²) < 4.78 is 16.8. The first-order valence-corrected chi connectivity index (χ1v) is 28.9. The van der Waals surface area contributed by atoms with Crippen LogP contribution in [-0.4, -0.2) is 37.2 Å². The van der Waals surface area contributed by atoms with Gasteiger partial charge in [0.05, 0.1) is 0 Å². The number of allylic oxidation sites excluding steroid dienone is 18. The van der Waals surface area contributed by atoms with Crippen LogP contribution in [0.2, 0.25) is 0 Å². The Kier molecular flexibility index (Phi) is 54.4. The molecule has 0 aromatic carbocycles. The zero-order valence-electron chi connectivity index (χ0n) is 45.5. The zero-order valence-corrected chi connectivity index (χ0v) is 45.5. The van der Waals surface area contributed by atoms with Gasteiger partial charge in [-0.2, -0.15) is 0 Å². The van der Waals surface area contributed by atoms with Gasteiger partial charge in [-0.1, -0.05) is 239 Å². The van der Waals surface area contributed by atoms with Crippen LogP contribution in [0.1, 0.15) is 258 Å². The van der Waals surface area contributed by atoms with E-state index in [9.17, 15) is 14.4 Å². The lowest BCUT2D eigenvalue weighted by Crippen LogP contribution is -2.30. The maximum absolute atomic E-state index is 12.8. The maximum Gasteiger partial charge on any atom is 0.306 e. The summed E-state index contributed by atoms with van der Waals surface area (Å²) in [7, 11) is 0. The second-order valence-corrected chi connectivity index (χ2v) is 18.8. The number of esters is 3. The van der Waals surface area contributed by atoms with Gasteiger partial charge >= 0.3 is 17.9 Å². The molecule has 1 atom stereocenters. The summed E-state index contributed by atoms with van der Waals surface area (Å²) in [5.41, 5.74) is 0. The highest BCUT2D eigenvalue weighted by Gasteiger charge is 2.19. The fourth-order valence-corrected chi connectivity index (χ4v) is 7.69. The molecular weight excluding hydrogens is 865 g/mol. The topological polar surface area (TPSA) is 78.9 Å². The van der Waals surface area contributed by atoms with E-state index in [2.05, 4.69) is 130 Å². The molecule has 398 valence electrons. The number of ether oxygens (including phenoxy) is 3. The first kappa shape index (κ1) is 66.1. The van der Waals surface area contributed by atoms with Crippen molar-refractivity contribution in [2.24, 2.45) is 0 Å². The molecule has 0 aliphatic rings. The normalized spacial score (nSPS) is 12.9. The summed E-state index contributed by atoms with van der Waals surface area (Å²) in [5, 5.41) is 0. The van der Waals surface area contributed by atoms with E-state index in [0.29, 0.717) is 19.3 Å². The van der Waals surface area contributed by atoms with Gasteiger partial charge in [0.1, 0.15) is 13.2 Å². The van der Waals surface area contributed by atoms with Crippen LogP contribution in [0.5, 0.6) is 0 Å². The molecule has 0 radical (unpaired) electrons. The number of carbonyl (C=O) groups is 3. The molecule has 0 amide bonds. The lowest BCUT2D eigenvalue weighted by Gasteiger charge is -2.18. The van der Waals surface area contributed by atoms with Crippen molar-refractivity contribution in [3.8, 4) is 0 Å². The van der Waals surface area contributed by atoms with E-state index in [0.717, 1.165) is 109 Å². The molecule has 0 aliphatic heterocycles. The molecule has 0 aromatic heterocycles. The van der Waals surface area contributed by atoms with E-state index in [1.807, 2.05) is 0 Å². The maximum atomic E-state index is 12.8. The Morgan fingerprint density at radius 2 is 0.557 bits per heavy atom. The van der Waals surface area contributed by atoms with E-state index >= 15 is 0 Å². The molecule has 1 unspecified atom stereocenters. The first-order valence-electron chi connectivity index (χ1n) is 28.9. The average molecular weight is 972 g/mol. The third-order valence-corrected chi connectivity index (χ3v) is 12.0. The molecule has 6 heteroatoms. The fraction of sp³-hybridized carbons (Fsp3) is 0.672. The van der Waals surface area contributed by atoms with Crippen LogP contribution in [0.4, 0.5) is 0 Å². The Balaban J connectivity index is 4.34. The molecule has 0 heterocycles. The lowest BCUT2D eigenvalue weighted by molar-refractivity contribution is -0.167. The van der Waals surface area contributed by atoms with Gasteiger partial charge in [0.25, 0.3) is 0 Å². The van der Waals surface area contributed by atoms with E-state index in [4.69, 9.17) is 14.2 Å². The van der Waals surface area contributed by atoms with Crippen LogP contribution in [0.25, 0.3) is 0 Å². The molecule has 0 N–H and O–H groups in total. The Hall–Kier alpha value is -3.93. The molecule has 6 nitrogen and oxygen atoms in total. The van der Waals surface area contributed by atoms with Gasteiger partial charge in [0.15, 0.2) is 6.10 Å². The van der Waals surface area contributed by atoms with Crippen LogP contribution in [0.3, 0.4) is 0 Å². The Morgan fingerprint density at radius 3 is 0.914 bits per heavy atom. The van der Waals surface area contributed by atoms with Gasteiger partial charge in [-0.15, -0.1) is 0 Å². The minimum Gasteiger partial charge on any atom is -0.462 e. The molecule has 0 aliphatic carbocycles. The second kappa shape index (κ2) is 57.6. The van der Waals surface area contributed by atoms with Crippen molar-refractivity contribution < 1.29 is 28.6 Å². The van der Waals surface area contributed by atoms with Crippen molar-refractivity contribution in [2.45, 2.75) is 264 Å². The third kappa shape index (κ3) is 55.0. The highest BCUT2D eigenvalue weighted by atomic mass is 16.6. The summed E-state index contributed by atoms with van der Waals surface area (Å²) >= 11 is 0. The summed E-state index contributed by atoms with van der Waals surface area (Å²) in [6.45, 7) is 6.45. The van der Waals surface area contributed by atoms with Crippen molar-refractivity contribution in [3.05, 3.63) is 109 Å². The van der Waals surface area contributed by atoms with Crippen LogP contribution >= 0.6 is 0 Å². The Labute approximate surface area is 431 Å². The molecule has 0 aromatic rings. The first-order chi connectivity index (χ1) is 34.5. The quantitative estimate of drug-likeness (QED) is 0.0262. The zero-order chi connectivity index (χ0) is 50.7. The Bertz CT molecular complexity index is 1440. The summed E-state index contributed by atoms with van der Waals surface area (Å²) in [4.78, 5) is 38.0. The Morgan fingerprint density at radius 1 is 0.300 bits per heavy atom. The average Bonchev–Trinajstić information content (AvgIpc) is 3.36. The molecule has 0 bridgehead atoms. The predicted molar refractivity (Wildman–Crippen MR) is 302 cm³/mol. The highest BCUT2D eigenvalue weighted by Crippen LogP contribution is 2.14. The SMILES string of the molecule is CC/C=C\C/C=C\C/C=C\C/C=C\C/C=C\C/C=C\C/C=C\C/C=C\CCCCC(=O)OCC(COC(=O)CCCCCCCCCC)OC(=O)CCCCCCCCC/C=C\CCCCCCCC. The van der Waals surface area contributed by atoms with Crippen molar-refractivity contribution in [1.29, 1.82) is 0 Å². The molecule has 0 rings (SSSR count). The third-order valence-electron chi connectivity index (χ3n) is 12.0. The number of rotatable bonds is 51. The highest BCUT2D eigenvalue weighted by molar-refractivity contribution is 5.71. The monoisotopic (exact) mass is 971 g/mol. The molecular formula is C64H106O6. The van der Waals surface area contributed by atoms with E-state index < -0.39 is 6.10 Å². The summed E-state index contributed by atoms with van der Waals surface area (Å²) in [6.07, 6.45) is 78.1.